The third-order valence-electron chi connectivity index (χ3n) is 4.71. The monoisotopic (exact) mass is 247 g/mol. The molecule has 0 amide bonds. The summed E-state index contributed by atoms with van der Waals surface area (Å²) in [6, 6.07) is 8.76. The maximum atomic E-state index is 6.10. The van der Waals surface area contributed by atoms with E-state index in [2.05, 4.69) is 45.2 Å². The summed E-state index contributed by atoms with van der Waals surface area (Å²) in [5.41, 5.74) is 2.60. The van der Waals surface area contributed by atoms with Crippen molar-refractivity contribution in [2.24, 2.45) is 0 Å². The summed E-state index contributed by atoms with van der Waals surface area (Å²) in [5, 5.41) is 0. The van der Waals surface area contributed by atoms with Crippen LogP contribution in [0.1, 0.15) is 25.3 Å². The number of hydrogen-bond donors (Lipinski definition) is 0. The predicted molar refractivity (Wildman–Crippen MR) is 73.7 cm³/mol. The Bertz CT molecular complexity index is 451. The first-order chi connectivity index (χ1) is 8.57. The third kappa shape index (κ3) is 1.56. The average molecular weight is 247 g/mol. The van der Waals surface area contributed by atoms with Gasteiger partial charge in [-0.05, 0) is 11.5 Å². The molecule has 3 rings (SSSR count). The van der Waals surface area contributed by atoms with Crippen LogP contribution in [0.25, 0.3) is 0 Å². The number of benzene rings is 1. The van der Waals surface area contributed by atoms with E-state index in [4.69, 9.17) is 9.31 Å². The standard InChI is InChI=1S/C14H22BNO2/c1-12(2)13-5-4-6-14(11-13)15-16(3,7-9-17-15)8-10-18-15/h4-6,11-12H,7-10H2,1-3H3. The number of hydrogen-bond acceptors (Lipinski definition) is 2. The lowest BCUT2D eigenvalue weighted by Gasteiger charge is -2.43. The molecule has 2 aliphatic rings. The lowest BCUT2D eigenvalue weighted by Crippen LogP contribution is -2.67. The zero-order valence-electron chi connectivity index (χ0n) is 11.6. The fraction of sp³-hybridized carbons (Fsp3) is 0.571. The molecule has 2 heterocycles. The van der Waals surface area contributed by atoms with Crippen molar-refractivity contribution in [2.75, 3.05) is 33.4 Å². The van der Waals surface area contributed by atoms with E-state index in [-0.39, 0.29) is 0 Å². The Morgan fingerprint density at radius 3 is 2.44 bits per heavy atom. The second-order valence-corrected chi connectivity index (χ2v) is 6.16. The van der Waals surface area contributed by atoms with E-state index in [1.54, 1.807) is 0 Å². The fourth-order valence-corrected chi connectivity index (χ4v) is 3.40. The van der Waals surface area contributed by atoms with Gasteiger partial charge in [-0.3, -0.25) is 0 Å². The summed E-state index contributed by atoms with van der Waals surface area (Å²) in [6.45, 7) is 6.88. The van der Waals surface area contributed by atoms with E-state index in [0.29, 0.717) is 5.92 Å². The highest BCUT2D eigenvalue weighted by molar-refractivity contribution is 6.75. The smallest absolute Gasteiger partial charge is 0.502 e. The van der Waals surface area contributed by atoms with Gasteiger partial charge in [0, 0.05) is 7.05 Å². The molecule has 2 aliphatic heterocycles. The van der Waals surface area contributed by atoms with Crippen LogP contribution in [0.2, 0.25) is 0 Å². The zero-order chi connectivity index (χ0) is 12.8. The van der Waals surface area contributed by atoms with E-state index >= 15 is 0 Å². The molecule has 0 saturated carbocycles. The molecule has 0 aromatic heterocycles. The molecular weight excluding hydrogens is 225 g/mol. The molecule has 1 aromatic rings. The van der Waals surface area contributed by atoms with Crippen molar-refractivity contribution < 1.29 is 13.7 Å². The highest BCUT2D eigenvalue weighted by atomic mass is 16.6. The molecule has 3 nitrogen and oxygen atoms in total. The van der Waals surface area contributed by atoms with Crippen LogP contribution in [0, 0.1) is 0 Å². The van der Waals surface area contributed by atoms with Crippen molar-refractivity contribution in [3.63, 3.8) is 0 Å². The Morgan fingerprint density at radius 1 is 1.17 bits per heavy atom. The van der Waals surface area contributed by atoms with Crippen LogP contribution in [0.15, 0.2) is 24.3 Å². The van der Waals surface area contributed by atoms with Gasteiger partial charge in [0.05, 0.1) is 26.3 Å². The molecule has 0 N–H and O–H groups in total. The van der Waals surface area contributed by atoms with Gasteiger partial charge < -0.3 is 13.7 Å². The number of likely N-dealkylation sites (N-methyl/N-ethyl adjacent to an activating group) is 1. The fourth-order valence-electron chi connectivity index (χ4n) is 3.40. The SMILES string of the molecule is CC(C)c1cccc([B-]23OCC[N+]2(C)CCO3)c1. The first kappa shape index (κ1) is 12.2. The minimum absolute atomic E-state index is 0.540. The summed E-state index contributed by atoms with van der Waals surface area (Å²) < 4.78 is 13.1. The van der Waals surface area contributed by atoms with Gasteiger partial charge in [0.15, 0.2) is 0 Å². The summed E-state index contributed by atoms with van der Waals surface area (Å²) in [5.74, 6) is 0.540. The van der Waals surface area contributed by atoms with Crippen molar-refractivity contribution in [2.45, 2.75) is 19.8 Å². The molecule has 18 heavy (non-hydrogen) atoms. The number of fused-ring (bicyclic) bond motifs is 1. The van der Waals surface area contributed by atoms with E-state index in [9.17, 15) is 0 Å². The van der Waals surface area contributed by atoms with Crippen molar-refractivity contribution in [1.29, 1.82) is 0 Å². The van der Waals surface area contributed by atoms with Crippen LogP contribution in [-0.2, 0) is 9.31 Å². The van der Waals surface area contributed by atoms with Crippen molar-refractivity contribution in [3.05, 3.63) is 29.8 Å². The van der Waals surface area contributed by atoms with Gasteiger partial charge in [-0.2, -0.15) is 0 Å². The topological polar surface area (TPSA) is 18.5 Å². The van der Waals surface area contributed by atoms with E-state index in [0.717, 1.165) is 30.7 Å². The molecular formula is C14H22BNO2. The van der Waals surface area contributed by atoms with Crippen LogP contribution in [0.5, 0.6) is 0 Å². The molecule has 1 aromatic carbocycles. The quantitative estimate of drug-likeness (QED) is 0.737. The Morgan fingerprint density at radius 2 is 1.83 bits per heavy atom. The Labute approximate surface area is 109 Å². The lowest BCUT2D eigenvalue weighted by molar-refractivity contribution is -0.798. The first-order valence-corrected chi connectivity index (χ1v) is 6.94. The molecule has 2 fully saturated rings. The molecule has 98 valence electrons. The number of rotatable bonds is 2. The lowest BCUT2D eigenvalue weighted by atomic mass is 9.60. The molecule has 0 spiro atoms. The van der Waals surface area contributed by atoms with Gasteiger partial charge in [-0.1, -0.05) is 43.6 Å². The minimum atomic E-state index is -1.31. The normalized spacial score (nSPS) is 35.1. The van der Waals surface area contributed by atoms with Crippen LogP contribution < -0.4 is 5.46 Å². The molecule has 0 atom stereocenters. The Kier molecular flexibility index (Phi) is 2.77. The molecule has 0 radical (unpaired) electrons. The van der Waals surface area contributed by atoms with Crippen LogP contribution in [-0.4, -0.2) is 44.4 Å². The van der Waals surface area contributed by atoms with E-state index < -0.39 is 6.69 Å². The van der Waals surface area contributed by atoms with Crippen molar-refractivity contribution in [1.82, 2.24) is 0 Å². The third-order valence-corrected chi connectivity index (χ3v) is 4.71. The Hall–Kier alpha value is -0.835. The highest BCUT2D eigenvalue weighted by Gasteiger charge is 2.57. The molecule has 0 aliphatic carbocycles. The van der Waals surface area contributed by atoms with Crippen molar-refractivity contribution >= 4 is 12.1 Å². The van der Waals surface area contributed by atoms with Gasteiger partial charge in [-0.25, -0.2) is 0 Å². The van der Waals surface area contributed by atoms with Crippen molar-refractivity contribution in [3.8, 4) is 0 Å². The highest BCUT2D eigenvalue weighted by Crippen LogP contribution is 2.32. The molecule has 4 heteroatoms. The van der Waals surface area contributed by atoms with Crippen LogP contribution in [0.4, 0.5) is 0 Å². The molecule has 0 unspecified atom stereocenters. The second-order valence-electron chi connectivity index (χ2n) is 6.16. The van der Waals surface area contributed by atoms with Gasteiger partial charge in [0.2, 0.25) is 0 Å². The maximum Gasteiger partial charge on any atom is 0.502 e. The first-order valence-electron chi connectivity index (χ1n) is 6.94. The maximum absolute atomic E-state index is 6.10. The zero-order valence-corrected chi connectivity index (χ0v) is 11.6. The summed E-state index contributed by atoms with van der Waals surface area (Å²) >= 11 is 0. The van der Waals surface area contributed by atoms with Gasteiger partial charge >= 0.3 is 6.69 Å². The summed E-state index contributed by atoms with van der Waals surface area (Å²) in [7, 11) is 2.27. The largest absolute Gasteiger partial charge is 0.505 e. The van der Waals surface area contributed by atoms with Crippen LogP contribution in [0.3, 0.4) is 0 Å². The number of quaternary nitrogens is 1. The predicted octanol–water partition coefficient (Wildman–Crippen LogP) is 1.46. The Balaban J connectivity index is 2.06. The van der Waals surface area contributed by atoms with Crippen LogP contribution >= 0.6 is 0 Å². The van der Waals surface area contributed by atoms with Gasteiger partial charge in [0.25, 0.3) is 0 Å². The molecule has 2 saturated heterocycles. The second kappa shape index (κ2) is 4.09. The van der Waals surface area contributed by atoms with Gasteiger partial charge in [0.1, 0.15) is 0 Å². The average Bonchev–Trinajstić information content (AvgIpc) is 2.83. The van der Waals surface area contributed by atoms with E-state index in [1.807, 2.05) is 0 Å². The summed E-state index contributed by atoms with van der Waals surface area (Å²) in [6.07, 6.45) is 0. The van der Waals surface area contributed by atoms with E-state index in [1.165, 1.54) is 11.0 Å². The summed E-state index contributed by atoms with van der Waals surface area (Å²) in [4.78, 5) is 0. The number of nitrogens with zero attached hydrogens (tertiary/aromatic N) is 1. The molecule has 0 bridgehead atoms. The minimum Gasteiger partial charge on any atom is -0.505 e. The van der Waals surface area contributed by atoms with Gasteiger partial charge in [-0.15, -0.1) is 0 Å².